The first-order valence-corrected chi connectivity index (χ1v) is 3.82. The predicted octanol–water partition coefficient (Wildman–Crippen LogP) is -1.57. The van der Waals surface area contributed by atoms with E-state index in [9.17, 15) is 9.59 Å². The zero-order chi connectivity index (χ0) is 9.26. The van der Waals surface area contributed by atoms with Crippen LogP contribution in [0.2, 0.25) is 0 Å². The number of H-pyrrole nitrogens is 1. The average Bonchev–Trinajstić information content (AvgIpc) is 2.32. The molecule has 0 saturated carbocycles. The Hall–Kier alpha value is -1.63. The summed E-state index contributed by atoms with van der Waals surface area (Å²) in [5, 5.41) is 5.60. The topological polar surface area (TPSA) is 89.0 Å². The smallest absolute Gasteiger partial charge is 0.362 e. The Kier molecular flexibility index (Phi) is 1.85. The maximum atomic E-state index is 11.2. The fourth-order valence-electron chi connectivity index (χ4n) is 0.961. The van der Waals surface area contributed by atoms with Crippen LogP contribution >= 0.6 is 0 Å². The summed E-state index contributed by atoms with van der Waals surface area (Å²) in [7, 11) is 0. The number of hydrogen-bond donors (Lipinski definition) is 2. The first-order valence-electron chi connectivity index (χ1n) is 3.82. The number of carbonyl (C=O) groups excluding carboxylic acids is 1. The fourth-order valence-corrected chi connectivity index (χ4v) is 0.961. The molecule has 13 heavy (non-hydrogen) atoms. The van der Waals surface area contributed by atoms with Gasteiger partial charge in [0.25, 0.3) is 5.91 Å². The molecule has 1 aromatic heterocycles. The second-order valence-corrected chi connectivity index (χ2v) is 2.66. The number of rotatable bonds is 2. The minimum atomic E-state index is -0.479. The Labute approximate surface area is 72.7 Å². The van der Waals surface area contributed by atoms with E-state index in [1.54, 1.807) is 0 Å². The lowest BCUT2D eigenvalue weighted by molar-refractivity contribution is -0.140. The molecule has 1 aliphatic heterocycles. The monoisotopic (exact) mass is 184 g/mol. The van der Waals surface area contributed by atoms with Crippen molar-refractivity contribution < 1.29 is 9.53 Å². The van der Waals surface area contributed by atoms with E-state index in [4.69, 9.17) is 4.74 Å². The molecule has 1 saturated heterocycles. The normalized spacial score (nSPS) is 20.8. The summed E-state index contributed by atoms with van der Waals surface area (Å²) in [4.78, 5) is 22.1. The molecule has 0 spiro atoms. The van der Waals surface area contributed by atoms with E-state index in [1.165, 1.54) is 6.33 Å². The van der Waals surface area contributed by atoms with E-state index in [-0.39, 0.29) is 5.91 Å². The maximum absolute atomic E-state index is 11.2. The van der Waals surface area contributed by atoms with Gasteiger partial charge in [-0.1, -0.05) is 0 Å². The molecule has 2 rings (SSSR count). The molecule has 0 bridgehead atoms. The van der Waals surface area contributed by atoms with Crippen molar-refractivity contribution in [2.45, 2.75) is 12.5 Å². The summed E-state index contributed by atoms with van der Waals surface area (Å²) in [6, 6.07) is 0. The van der Waals surface area contributed by atoms with Gasteiger partial charge in [0.2, 0.25) is 0 Å². The van der Waals surface area contributed by atoms with Gasteiger partial charge in [-0.15, -0.1) is 0 Å². The summed E-state index contributed by atoms with van der Waals surface area (Å²) >= 11 is 0. The van der Waals surface area contributed by atoms with E-state index in [1.807, 2.05) is 0 Å². The van der Waals surface area contributed by atoms with Crippen LogP contribution in [0.4, 0.5) is 0 Å². The fraction of sp³-hybridized carbons (Fsp3) is 0.500. The van der Waals surface area contributed by atoms with E-state index >= 15 is 0 Å². The van der Waals surface area contributed by atoms with Crippen molar-refractivity contribution in [3.63, 3.8) is 0 Å². The third-order valence-corrected chi connectivity index (χ3v) is 1.77. The molecule has 7 nitrogen and oxygen atoms in total. The third-order valence-electron chi connectivity index (χ3n) is 1.77. The van der Waals surface area contributed by atoms with Crippen LogP contribution < -0.4 is 11.1 Å². The zero-order valence-electron chi connectivity index (χ0n) is 6.69. The molecule has 1 unspecified atom stereocenters. The lowest BCUT2D eigenvalue weighted by Crippen LogP contribution is -2.43. The van der Waals surface area contributed by atoms with Crippen molar-refractivity contribution in [2.75, 3.05) is 12.0 Å². The Bertz CT molecular complexity index is 364. The molecule has 0 aromatic carbocycles. The van der Waals surface area contributed by atoms with Gasteiger partial charge < -0.3 is 4.74 Å². The Morgan fingerprint density at radius 2 is 2.62 bits per heavy atom. The predicted molar refractivity (Wildman–Crippen MR) is 41.6 cm³/mol. The molecule has 7 heteroatoms. The van der Waals surface area contributed by atoms with Gasteiger partial charge >= 0.3 is 5.69 Å². The van der Waals surface area contributed by atoms with E-state index in [0.717, 1.165) is 4.68 Å². The van der Waals surface area contributed by atoms with Crippen LogP contribution in [0.1, 0.15) is 6.42 Å². The second kappa shape index (κ2) is 3.02. The number of aromatic amines is 1. The minimum absolute atomic E-state index is 0.324. The van der Waals surface area contributed by atoms with Crippen molar-refractivity contribution in [3.05, 3.63) is 16.8 Å². The number of carbonyl (C=O) groups is 1. The number of amides is 1. The molecule has 70 valence electrons. The van der Waals surface area contributed by atoms with Gasteiger partial charge in [-0.2, -0.15) is 9.77 Å². The molecule has 2 heterocycles. The molecule has 1 aliphatic rings. The van der Waals surface area contributed by atoms with Crippen molar-refractivity contribution in [1.29, 1.82) is 0 Å². The average molecular weight is 184 g/mol. The molecule has 1 fully saturated rings. The standard InChI is InChI=1S/C6H8N4O3/c11-5(4-1-2-13-4)9-10-3-7-8-6(10)12/h3-4H,1-2H2,(H,8,12)(H,9,11). The number of aromatic nitrogens is 3. The van der Waals surface area contributed by atoms with E-state index in [2.05, 4.69) is 15.6 Å². The minimum Gasteiger partial charge on any atom is -0.368 e. The van der Waals surface area contributed by atoms with Crippen molar-refractivity contribution in [3.8, 4) is 0 Å². The lowest BCUT2D eigenvalue weighted by Gasteiger charge is -2.24. The summed E-state index contributed by atoms with van der Waals surface area (Å²) < 4.78 is 5.90. The van der Waals surface area contributed by atoms with Crippen LogP contribution in [-0.2, 0) is 9.53 Å². The van der Waals surface area contributed by atoms with E-state index in [0.29, 0.717) is 13.0 Å². The van der Waals surface area contributed by atoms with Gasteiger partial charge in [0.1, 0.15) is 12.4 Å². The lowest BCUT2D eigenvalue weighted by atomic mass is 10.2. The van der Waals surface area contributed by atoms with Gasteiger partial charge in [0.05, 0.1) is 6.61 Å². The summed E-state index contributed by atoms with van der Waals surface area (Å²) in [5.74, 6) is -0.324. The molecule has 0 radical (unpaired) electrons. The zero-order valence-corrected chi connectivity index (χ0v) is 6.69. The molecule has 2 N–H and O–H groups in total. The molecular formula is C6H8N4O3. The van der Waals surface area contributed by atoms with Crippen LogP contribution in [-0.4, -0.2) is 33.5 Å². The van der Waals surface area contributed by atoms with Crippen LogP contribution in [0, 0.1) is 0 Å². The van der Waals surface area contributed by atoms with Gasteiger partial charge in [0, 0.05) is 6.42 Å². The van der Waals surface area contributed by atoms with Crippen LogP contribution in [0.5, 0.6) is 0 Å². The van der Waals surface area contributed by atoms with Crippen LogP contribution in [0.15, 0.2) is 11.1 Å². The highest BCUT2D eigenvalue weighted by molar-refractivity contribution is 5.88. The maximum Gasteiger partial charge on any atom is 0.362 e. The Balaban J connectivity index is 2.01. The molecule has 1 atom stereocenters. The highest BCUT2D eigenvalue weighted by atomic mass is 16.5. The highest BCUT2D eigenvalue weighted by Gasteiger charge is 2.26. The SMILES string of the molecule is O=C(Nn1cn[nH]c1=O)C1CCO1. The van der Waals surface area contributed by atoms with E-state index < -0.39 is 11.8 Å². The van der Waals surface area contributed by atoms with Gasteiger partial charge in [0.15, 0.2) is 0 Å². The van der Waals surface area contributed by atoms with Crippen LogP contribution in [0.3, 0.4) is 0 Å². The first-order chi connectivity index (χ1) is 6.27. The van der Waals surface area contributed by atoms with Gasteiger partial charge in [-0.3, -0.25) is 10.2 Å². The summed E-state index contributed by atoms with van der Waals surface area (Å²) in [5.41, 5.74) is 1.86. The van der Waals surface area contributed by atoms with Crippen molar-refractivity contribution in [1.82, 2.24) is 14.9 Å². The number of nitrogens with zero attached hydrogens (tertiary/aromatic N) is 2. The Morgan fingerprint density at radius 1 is 1.85 bits per heavy atom. The number of ether oxygens (including phenoxy) is 1. The number of nitrogens with one attached hydrogen (secondary N) is 2. The second-order valence-electron chi connectivity index (χ2n) is 2.66. The summed E-state index contributed by atoms with van der Waals surface area (Å²) in [6.07, 6.45) is 1.46. The quantitative estimate of drug-likeness (QED) is 0.581. The number of hydrogen-bond acceptors (Lipinski definition) is 4. The van der Waals surface area contributed by atoms with Gasteiger partial charge in [-0.25, -0.2) is 9.89 Å². The van der Waals surface area contributed by atoms with Crippen molar-refractivity contribution >= 4 is 5.91 Å². The summed E-state index contributed by atoms with van der Waals surface area (Å²) in [6.45, 7) is 0.596. The molecule has 1 aromatic rings. The first kappa shape index (κ1) is 7.99. The van der Waals surface area contributed by atoms with Crippen LogP contribution in [0.25, 0.3) is 0 Å². The molecule has 0 aliphatic carbocycles. The van der Waals surface area contributed by atoms with Crippen molar-refractivity contribution in [2.24, 2.45) is 0 Å². The third kappa shape index (κ3) is 1.45. The molecular weight excluding hydrogens is 176 g/mol. The molecule has 1 amide bonds. The highest BCUT2D eigenvalue weighted by Crippen LogP contribution is 2.10. The Morgan fingerprint density at radius 3 is 3.08 bits per heavy atom. The van der Waals surface area contributed by atoms with Gasteiger partial charge in [-0.05, 0) is 0 Å². The largest absolute Gasteiger partial charge is 0.368 e.